The number of thiazole rings is 1. The maximum Gasteiger partial charge on any atom is 0.181 e. The Bertz CT molecular complexity index is 674. The van der Waals surface area contributed by atoms with E-state index in [0.29, 0.717) is 5.88 Å². The predicted octanol–water partition coefficient (Wildman–Crippen LogP) is 4.00. The minimum absolute atomic E-state index is 0.508. The van der Waals surface area contributed by atoms with Crippen molar-refractivity contribution in [1.82, 2.24) is 9.97 Å². The number of fused-ring (bicyclic) bond motifs is 1. The molecule has 3 aromatic rings. The molecule has 0 atom stereocenters. The molecule has 3 rings (SSSR count). The summed E-state index contributed by atoms with van der Waals surface area (Å²) in [6.07, 6.45) is 1.45. The summed E-state index contributed by atoms with van der Waals surface area (Å²) in [7, 11) is 0. The molecule has 0 N–H and O–H groups in total. The number of halogens is 1. The standard InChI is InChI=1S/C12H9ClN2OS/c1-7-11(5-13)17-12(15-7)8-2-3-9-10(4-8)16-6-14-9/h2-4,6H,5H2,1H3. The van der Waals surface area contributed by atoms with E-state index in [0.717, 1.165) is 32.2 Å². The normalized spacial score (nSPS) is 11.2. The number of alkyl halides is 1. The number of oxazole rings is 1. The highest BCUT2D eigenvalue weighted by Crippen LogP contribution is 2.30. The number of nitrogens with zero attached hydrogens (tertiary/aromatic N) is 2. The lowest BCUT2D eigenvalue weighted by molar-refractivity contribution is 0.602. The Hall–Kier alpha value is -1.39. The highest BCUT2D eigenvalue weighted by Gasteiger charge is 2.10. The van der Waals surface area contributed by atoms with Crippen LogP contribution in [-0.2, 0) is 5.88 Å². The Labute approximate surface area is 107 Å². The molecule has 0 radical (unpaired) electrons. The van der Waals surface area contributed by atoms with Crippen molar-refractivity contribution in [2.75, 3.05) is 0 Å². The van der Waals surface area contributed by atoms with Crippen LogP contribution in [0.3, 0.4) is 0 Å². The van der Waals surface area contributed by atoms with Gasteiger partial charge in [0.1, 0.15) is 10.5 Å². The van der Waals surface area contributed by atoms with Crippen LogP contribution in [0.25, 0.3) is 21.7 Å². The van der Waals surface area contributed by atoms with Gasteiger partial charge in [0.05, 0.1) is 11.6 Å². The second-order valence-electron chi connectivity index (χ2n) is 3.70. The highest BCUT2D eigenvalue weighted by atomic mass is 35.5. The van der Waals surface area contributed by atoms with Crippen LogP contribution in [0.4, 0.5) is 0 Å². The first-order chi connectivity index (χ1) is 8.28. The second kappa shape index (κ2) is 4.13. The van der Waals surface area contributed by atoms with Crippen molar-refractivity contribution in [3.63, 3.8) is 0 Å². The van der Waals surface area contributed by atoms with Gasteiger partial charge in [-0.15, -0.1) is 22.9 Å². The Morgan fingerprint density at radius 1 is 1.41 bits per heavy atom. The summed E-state index contributed by atoms with van der Waals surface area (Å²) < 4.78 is 5.28. The molecule has 0 unspecified atom stereocenters. The van der Waals surface area contributed by atoms with Crippen LogP contribution < -0.4 is 0 Å². The fourth-order valence-electron chi connectivity index (χ4n) is 1.66. The first-order valence-electron chi connectivity index (χ1n) is 5.14. The quantitative estimate of drug-likeness (QED) is 0.657. The van der Waals surface area contributed by atoms with E-state index in [9.17, 15) is 0 Å². The largest absolute Gasteiger partial charge is 0.443 e. The van der Waals surface area contributed by atoms with E-state index in [4.69, 9.17) is 16.0 Å². The highest BCUT2D eigenvalue weighted by molar-refractivity contribution is 7.15. The number of aromatic nitrogens is 2. The summed E-state index contributed by atoms with van der Waals surface area (Å²) in [5, 5.41) is 0.969. The molecule has 1 aromatic carbocycles. The van der Waals surface area contributed by atoms with Crippen LogP contribution in [0.5, 0.6) is 0 Å². The molecule has 5 heteroatoms. The topological polar surface area (TPSA) is 38.9 Å². The van der Waals surface area contributed by atoms with Gasteiger partial charge in [0.15, 0.2) is 12.0 Å². The Morgan fingerprint density at radius 3 is 3.06 bits per heavy atom. The van der Waals surface area contributed by atoms with Crippen LogP contribution >= 0.6 is 22.9 Å². The molecular weight excluding hydrogens is 256 g/mol. The van der Waals surface area contributed by atoms with Gasteiger partial charge >= 0.3 is 0 Å². The lowest BCUT2D eigenvalue weighted by Gasteiger charge is -1.94. The third-order valence-corrected chi connectivity index (χ3v) is 4.22. The molecule has 0 aliphatic heterocycles. The van der Waals surface area contributed by atoms with Crippen molar-refractivity contribution < 1.29 is 4.42 Å². The van der Waals surface area contributed by atoms with E-state index in [1.807, 2.05) is 25.1 Å². The summed E-state index contributed by atoms with van der Waals surface area (Å²) in [6.45, 7) is 1.98. The van der Waals surface area contributed by atoms with Crippen molar-refractivity contribution in [2.24, 2.45) is 0 Å². The van der Waals surface area contributed by atoms with Gasteiger partial charge in [-0.05, 0) is 25.1 Å². The third-order valence-electron chi connectivity index (χ3n) is 2.59. The lowest BCUT2D eigenvalue weighted by Crippen LogP contribution is -1.78. The molecule has 2 aromatic heterocycles. The molecule has 0 aliphatic rings. The van der Waals surface area contributed by atoms with E-state index < -0.39 is 0 Å². The van der Waals surface area contributed by atoms with E-state index >= 15 is 0 Å². The van der Waals surface area contributed by atoms with Crippen LogP contribution in [0.15, 0.2) is 29.0 Å². The van der Waals surface area contributed by atoms with Crippen molar-refractivity contribution in [3.8, 4) is 10.6 Å². The Kier molecular flexibility index (Phi) is 2.61. The van der Waals surface area contributed by atoms with Gasteiger partial charge in [0.25, 0.3) is 0 Å². The fourth-order valence-corrected chi connectivity index (χ4v) is 2.93. The molecule has 0 saturated carbocycles. The zero-order valence-corrected chi connectivity index (χ0v) is 10.7. The second-order valence-corrected chi connectivity index (χ2v) is 5.05. The van der Waals surface area contributed by atoms with Crippen molar-refractivity contribution in [3.05, 3.63) is 35.2 Å². The van der Waals surface area contributed by atoms with Crippen LogP contribution in [-0.4, -0.2) is 9.97 Å². The molecule has 0 saturated heterocycles. The maximum absolute atomic E-state index is 5.85. The zero-order chi connectivity index (χ0) is 11.8. The molecule has 0 spiro atoms. The van der Waals surface area contributed by atoms with E-state index in [-0.39, 0.29) is 0 Å². The SMILES string of the molecule is Cc1nc(-c2ccc3ncoc3c2)sc1CCl. The molecule has 17 heavy (non-hydrogen) atoms. The maximum atomic E-state index is 5.85. The monoisotopic (exact) mass is 264 g/mol. The third kappa shape index (κ3) is 1.83. The summed E-state index contributed by atoms with van der Waals surface area (Å²) >= 11 is 7.47. The first kappa shape index (κ1) is 10.7. The molecule has 0 aliphatic carbocycles. The molecular formula is C12H9ClN2OS. The summed E-state index contributed by atoms with van der Waals surface area (Å²) in [4.78, 5) is 9.71. The van der Waals surface area contributed by atoms with Gasteiger partial charge < -0.3 is 4.42 Å². The zero-order valence-electron chi connectivity index (χ0n) is 9.11. The summed E-state index contributed by atoms with van der Waals surface area (Å²) in [6, 6.07) is 5.89. The predicted molar refractivity (Wildman–Crippen MR) is 69.4 cm³/mol. The minimum atomic E-state index is 0.508. The number of hydrogen-bond acceptors (Lipinski definition) is 4. The van der Waals surface area contributed by atoms with Gasteiger partial charge in [-0.3, -0.25) is 0 Å². The van der Waals surface area contributed by atoms with Crippen LogP contribution in [0, 0.1) is 6.92 Å². The number of benzene rings is 1. The average molecular weight is 265 g/mol. The van der Waals surface area contributed by atoms with Crippen molar-refractivity contribution >= 4 is 34.0 Å². The van der Waals surface area contributed by atoms with E-state index in [1.165, 1.54) is 6.39 Å². The first-order valence-corrected chi connectivity index (χ1v) is 6.49. The lowest BCUT2D eigenvalue weighted by atomic mass is 10.2. The van der Waals surface area contributed by atoms with Gasteiger partial charge in [0.2, 0.25) is 0 Å². The summed E-state index contributed by atoms with van der Waals surface area (Å²) in [5.74, 6) is 0.508. The number of hydrogen-bond donors (Lipinski definition) is 0. The number of rotatable bonds is 2. The van der Waals surface area contributed by atoms with Gasteiger partial charge in [-0.25, -0.2) is 9.97 Å². The average Bonchev–Trinajstić information content (AvgIpc) is 2.93. The number of aryl methyl sites for hydroxylation is 1. The minimum Gasteiger partial charge on any atom is -0.443 e. The molecule has 2 heterocycles. The van der Waals surface area contributed by atoms with Crippen LogP contribution in [0.1, 0.15) is 10.6 Å². The van der Waals surface area contributed by atoms with Crippen molar-refractivity contribution in [1.29, 1.82) is 0 Å². The van der Waals surface area contributed by atoms with Gasteiger partial charge in [-0.1, -0.05) is 0 Å². The molecule has 86 valence electrons. The summed E-state index contributed by atoms with van der Waals surface area (Å²) in [5.41, 5.74) is 3.68. The van der Waals surface area contributed by atoms with Gasteiger partial charge in [-0.2, -0.15) is 0 Å². The van der Waals surface area contributed by atoms with E-state index in [2.05, 4.69) is 9.97 Å². The Morgan fingerprint density at radius 2 is 2.29 bits per heavy atom. The van der Waals surface area contributed by atoms with E-state index in [1.54, 1.807) is 11.3 Å². The molecule has 3 nitrogen and oxygen atoms in total. The van der Waals surface area contributed by atoms with Gasteiger partial charge in [0, 0.05) is 10.4 Å². The smallest absolute Gasteiger partial charge is 0.181 e. The van der Waals surface area contributed by atoms with Crippen molar-refractivity contribution in [2.45, 2.75) is 12.8 Å². The molecule has 0 amide bonds. The fraction of sp³-hybridized carbons (Fsp3) is 0.167. The molecule has 0 fully saturated rings. The molecule has 0 bridgehead atoms. The van der Waals surface area contributed by atoms with Crippen LogP contribution in [0.2, 0.25) is 0 Å². The Balaban J connectivity index is 2.12.